The molecule has 29 heavy (non-hydrogen) atoms. The Balaban J connectivity index is 1.84. The Morgan fingerprint density at radius 2 is 2.00 bits per heavy atom. The van der Waals surface area contributed by atoms with Crippen molar-refractivity contribution in [2.75, 3.05) is 14.2 Å². The molecule has 3 rings (SSSR count). The molecule has 0 N–H and O–H groups in total. The van der Waals surface area contributed by atoms with Crippen molar-refractivity contribution in [3.8, 4) is 22.1 Å². The number of carbonyl (C=O) groups excluding carboxylic acids is 1. The first kappa shape index (κ1) is 20.7. The van der Waals surface area contributed by atoms with E-state index in [4.69, 9.17) is 9.47 Å². The van der Waals surface area contributed by atoms with Crippen LogP contribution in [-0.2, 0) is 11.3 Å². The molecule has 0 fully saturated rings. The van der Waals surface area contributed by atoms with Gasteiger partial charge in [-0.25, -0.2) is 9.78 Å². The summed E-state index contributed by atoms with van der Waals surface area (Å²) in [4.78, 5) is 26.9. The molecular weight excluding hydrogens is 464 g/mol. The third-order valence-corrected chi connectivity index (χ3v) is 5.31. The van der Waals surface area contributed by atoms with Gasteiger partial charge in [0.25, 0.3) is 0 Å². The van der Waals surface area contributed by atoms with E-state index < -0.39 is 10.9 Å². The monoisotopic (exact) mass is 478 g/mol. The van der Waals surface area contributed by atoms with E-state index in [9.17, 15) is 14.9 Å². The zero-order valence-electron chi connectivity index (χ0n) is 15.4. The smallest absolute Gasteiger partial charge is 0.337 e. The van der Waals surface area contributed by atoms with Crippen LogP contribution < -0.4 is 9.47 Å². The zero-order chi connectivity index (χ0) is 21.0. The molecule has 150 valence electrons. The minimum Gasteiger partial charge on any atom is -0.496 e. The van der Waals surface area contributed by atoms with Crippen molar-refractivity contribution in [1.82, 2.24) is 4.98 Å². The molecule has 3 aromatic rings. The maximum absolute atomic E-state index is 11.7. The van der Waals surface area contributed by atoms with Gasteiger partial charge in [-0.2, -0.15) is 0 Å². The largest absolute Gasteiger partial charge is 0.496 e. The second-order valence-corrected chi connectivity index (χ2v) is 7.48. The van der Waals surface area contributed by atoms with Crippen molar-refractivity contribution in [3.05, 3.63) is 67.6 Å². The Bertz CT molecular complexity index is 1070. The van der Waals surface area contributed by atoms with Crippen LogP contribution in [0.3, 0.4) is 0 Å². The number of nitrogens with zero attached hydrogens (tertiary/aromatic N) is 2. The number of esters is 1. The van der Waals surface area contributed by atoms with Gasteiger partial charge in [0.15, 0.2) is 5.75 Å². The van der Waals surface area contributed by atoms with Gasteiger partial charge in [0.05, 0.1) is 36.0 Å². The molecule has 0 atom stereocenters. The van der Waals surface area contributed by atoms with Crippen LogP contribution in [0.5, 0.6) is 11.5 Å². The molecule has 0 bridgehead atoms. The fourth-order valence-corrected chi connectivity index (χ4v) is 3.71. The van der Waals surface area contributed by atoms with Crippen molar-refractivity contribution in [3.63, 3.8) is 0 Å². The summed E-state index contributed by atoms with van der Waals surface area (Å²) < 4.78 is 16.5. The minimum atomic E-state index is -0.609. The molecule has 2 aromatic carbocycles. The summed E-state index contributed by atoms with van der Waals surface area (Å²) in [5.74, 6) is 0.0337. The van der Waals surface area contributed by atoms with Crippen LogP contribution in [0.1, 0.15) is 16.1 Å². The van der Waals surface area contributed by atoms with Crippen LogP contribution in [0.2, 0.25) is 0 Å². The zero-order valence-corrected chi connectivity index (χ0v) is 17.8. The predicted octanol–water partition coefficient (Wildman–Crippen LogP) is 4.86. The normalized spacial score (nSPS) is 10.4. The molecule has 0 aliphatic carbocycles. The summed E-state index contributed by atoms with van der Waals surface area (Å²) in [6.45, 7) is -0.00170. The van der Waals surface area contributed by atoms with E-state index in [1.54, 1.807) is 12.5 Å². The number of benzene rings is 2. The number of aromatic nitrogens is 1. The summed E-state index contributed by atoms with van der Waals surface area (Å²) >= 11 is 4.83. The molecule has 0 unspecified atom stereocenters. The summed E-state index contributed by atoms with van der Waals surface area (Å²) in [5, 5.41) is 13.8. The van der Waals surface area contributed by atoms with Crippen LogP contribution >= 0.6 is 27.3 Å². The standard InChI is InChI=1S/C19H15BrN2O6S/c1-26-16-6-4-12(20)8-14(16)18-21-13(10-29-18)9-28-17-7-11(19(23)27-2)3-5-15(17)22(24)25/h3-8,10H,9H2,1-2H3. The lowest BCUT2D eigenvalue weighted by Gasteiger charge is -2.07. The predicted molar refractivity (Wildman–Crippen MR) is 111 cm³/mol. The third kappa shape index (κ3) is 4.72. The van der Waals surface area contributed by atoms with Crippen molar-refractivity contribution < 1.29 is 23.9 Å². The number of nitro groups is 1. The van der Waals surface area contributed by atoms with Gasteiger partial charge >= 0.3 is 11.7 Å². The highest BCUT2D eigenvalue weighted by molar-refractivity contribution is 9.10. The lowest BCUT2D eigenvalue weighted by molar-refractivity contribution is -0.385. The van der Waals surface area contributed by atoms with Crippen LogP contribution in [0.4, 0.5) is 5.69 Å². The van der Waals surface area contributed by atoms with Crippen LogP contribution in [0.25, 0.3) is 10.6 Å². The Morgan fingerprint density at radius 1 is 1.21 bits per heavy atom. The van der Waals surface area contributed by atoms with E-state index in [0.29, 0.717) is 11.4 Å². The lowest BCUT2D eigenvalue weighted by Crippen LogP contribution is -2.04. The number of hydrogen-bond acceptors (Lipinski definition) is 8. The van der Waals surface area contributed by atoms with Gasteiger partial charge in [0, 0.05) is 22.0 Å². The molecule has 0 aliphatic rings. The molecule has 0 radical (unpaired) electrons. The van der Waals surface area contributed by atoms with Crippen LogP contribution in [0.15, 0.2) is 46.3 Å². The molecule has 10 heteroatoms. The van der Waals surface area contributed by atoms with Crippen molar-refractivity contribution in [1.29, 1.82) is 0 Å². The third-order valence-electron chi connectivity index (χ3n) is 3.90. The Labute approximate surface area is 178 Å². The first-order chi connectivity index (χ1) is 13.9. The van der Waals surface area contributed by atoms with E-state index in [1.165, 1.54) is 36.6 Å². The first-order valence-electron chi connectivity index (χ1n) is 8.20. The topological polar surface area (TPSA) is 101 Å². The Hall–Kier alpha value is -2.98. The van der Waals surface area contributed by atoms with E-state index >= 15 is 0 Å². The van der Waals surface area contributed by atoms with E-state index in [0.717, 1.165) is 15.0 Å². The number of rotatable bonds is 7. The number of thiazole rings is 1. The van der Waals surface area contributed by atoms with E-state index in [2.05, 4.69) is 25.7 Å². The second-order valence-electron chi connectivity index (χ2n) is 5.71. The molecule has 0 spiro atoms. The molecule has 8 nitrogen and oxygen atoms in total. The highest BCUT2D eigenvalue weighted by atomic mass is 79.9. The van der Waals surface area contributed by atoms with Crippen LogP contribution in [-0.4, -0.2) is 30.1 Å². The molecule has 0 aliphatic heterocycles. The molecule has 1 heterocycles. The van der Waals surface area contributed by atoms with E-state index in [-0.39, 0.29) is 23.6 Å². The van der Waals surface area contributed by atoms with Crippen molar-refractivity contribution >= 4 is 38.9 Å². The molecule has 0 amide bonds. The molecular formula is C19H15BrN2O6S. The van der Waals surface area contributed by atoms with Gasteiger partial charge in [0.1, 0.15) is 17.4 Å². The fraction of sp³-hybridized carbons (Fsp3) is 0.158. The van der Waals surface area contributed by atoms with Gasteiger partial charge in [-0.1, -0.05) is 15.9 Å². The van der Waals surface area contributed by atoms with Gasteiger partial charge in [-0.15, -0.1) is 11.3 Å². The highest BCUT2D eigenvalue weighted by Crippen LogP contribution is 2.35. The lowest BCUT2D eigenvalue weighted by atomic mass is 10.2. The number of hydrogen-bond donors (Lipinski definition) is 0. The average Bonchev–Trinajstić information content (AvgIpc) is 3.20. The quantitative estimate of drug-likeness (QED) is 0.271. The van der Waals surface area contributed by atoms with Gasteiger partial charge in [-0.3, -0.25) is 10.1 Å². The van der Waals surface area contributed by atoms with Crippen molar-refractivity contribution in [2.24, 2.45) is 0 Å². The highest BCUT2D eigenvalue weighted by Gasteiger charge is 2.19. The maximum atomic E-state index is 11.7. The minimum absolute atomic E-state index is 0.00170. The second kappa shape index (κ2) is 9.01. The summed E-state index contributed by atoms with van der Waals surface area (Å²) in [6.07, 6.45) is 0. The SMILES string of the molecule is COC(=O)c1ccc([N+](=O)[O-])c(OCc2csc(-c3cc(Br)ccc3OC)n2)c1. The summed E-state index contributed by atoms with van der Waals surface area (Å²) in [7, 11) is 2.81. The molecule has 0 saturated heterocycles. The van der Waals surface area contributed by atoms with Crippen molar-refractivity contribution in [2.45, 2.75) is 6.61 Å². The summed E-state index contributed by atoms with van der Waals surface area (Å²) in [6, 6.07) is 9.41. The number of carbonyl (C=O) groups is 1. The Morgan fingerprint density at radius 3 is 2.69 bits per heavy atom. The number of ether oxygens (including phenoxy) is 3. The van der Waals surface area contributed by atoms with Gasteiger partial charge in [0.2, 0.25) is 0 Å². The van der Waals surface area contributed by atoms with E-state index in [1.807, 2.05) is 18.2 Å². The fourth-order valence-electron chi connectivity index (χ4n) is 2.52. The van der Waals surface area contributed by atoms with Gasteiger partial charge < -0.3 is 14.2 Å². The number of methoxy groups -OCH3 is 2. The van der Waals surface area contributed by atoms with Crippen LogP contribution in [0, 0.1) is 10.1 Å². The van der Waals surface area contributed by atoms with Gasteiger partial charge in [-0.05, 0) is 24.3 Å². The molecule has 1 aromatic heterocycles. The number of halogens is 1. The maximum Gasteiger partial charge on any atom is 0.337 e. The first-order valence-corrected chi connectivity index (χ1v) is 9.88. The summed E-state index contributed by atoms with van der Waals surface area (Å²) in [5.41, 5.74) is 1.31. The Kier molecular flexibility index (Phi) is 6.45. The molecule has 0 saturated carbocycles. The average molecular weight is 479 g/mol. The number of nitro benzene ring substituents is 1.